The third kappa shape index (κ3) is 5.68. The molecule has 0 spiro atoms. The van der Waals surface area contributed by atoms with Crippen LogP contribution in [0.4, 0.5) is 13.2 Å². The van der Waals surface area contributed by atoms with Gasteiger partial charge in [-0.1, -0.05) is 0 Å². The molecule has 1 heterocycles. The highest BCUT2D eigenvalue weighted by molar-refractivity contribution is 5.94. The second-order valence-electron chi connectivity index (χ2n) is 5.61. The van der Waals surface area contributed by atoms with E-state index >= 15 is 0 Å². The van der Waals surface area contributed by atoms with Crippen LogP contribution >= 0.6 is 0 Å². The van der Waals surface area contributed by atoms with Gasteiger partial charge in [-0.15, -0.1) is 13.2 Å². The molecule has 134 valence electrons. The number of carbonyl (C=O) groups excluding carboxylic acids is 1. The van der Waals surface area contributed by atoms with E-state index in [0.29, 0.717) is 12.2 Å². The third-order valence-corrected chi connectivity index (χ3v) is 3.83. The van der Waals surface area contributed by atoms with Gasteiger partial charge < -0.3 is 20.1 Å². The van der Waals surface area contributed by atoms with E-state index in [1.54, 1.807) is 6.07 Å². The maximum absolute atomic E-state index is 12.5. The fourth-order valence-corrected chi connectivity index (χ4v) is 2.71. The number of halogens is 3. The lowest BCUT2D eigenvalue weighted by atomic mass is 9.89. The van der Waals surface area contributed by atoms with Crippen LogP contribution < -0.4 is 15.4 Å². The summed E-state index contributed by atoms with van der Waals surface area (Å²) in [6, 6.07) is 4.12. The van der Waals surface area contributed by atoms with E-state index < -0.39 is 12.3 Å². The summed E-state index contributed by atoms with van der Waals surface area (Å²) in [7, 11) is 1.50. The minimum absolute atomic E-state index is 0.105. The Kier molecular flexibility index (Phi) is 6.44. The zero-order valence-corrected chi connectivity index (χ0v) is 13.4. The predicted molar refractivity (Wildman–Crippen MR) is 82.2 cm³/mol. The summed E-state index contributed by atoms with van der Waals surface area (Å²) in [5, 5.41) is 5.81. The molecule has 8 heteroatoms. The molecular formula is C16H21F3N2O3. The highest BCUT2D eigenvalue weighted by atomic mass is 19.4. The van der Waals surface area contributed by atoms with Crippen molar-refractivity contribution < 1.29 is 27.4 Å². The monoisotopic (exact) mass is 346 g/mol. The summed E-state index contributed by atoms with van der Waals surface area (Å²) < 4.78 is 46.5. The van der Waals surface area contributed by atoms with Gasteiger partial charge in [-0.2, -0.15) is 0 Å². The van der Waals surface area contributed by atoms with E-state index in [9.17, 15) is 18.0 Å². The van der Waals surface area contributed by atoms with Crippen molar-refractivity contribution in [2.45, 2.75) is 25.1 Å². The average molecular weight is 346 g/mol. The molecule has 24 heavy (non-hydrogen) atoms. The lowest BCUT2D eigenvalue weighted by Crippen LogP contribution is -2.28. The first-order valence-corrected chi connectivity index (χ1v) is 7.77. The Morgan fingerprint density at radius 3 is 2.62 bits per heavy atom. The quantitative estimate of drug-likeness (QED) is 0.777. The largest absolute Gasteiger partial charge is 0.573 e. The van der Waals surface area contributed by atoms with Crippen LogP contribution in [0.5, 0.6) is 5.75 Å². The van der Waals surface area contributed by atoms with Gasteiger partial charge in [0.2, 0.25) is 0 Å². The van der Waals surface area contributed by atoms with Crippen molar-refractivity contribution in [2.75, 3.05) is 33.4 Å². The molecule has 2 N–H and O–H groups in total. The Bertz CT molecular complexity index is 558. The van der Waals surface area contributed by atoms with E-state index in [2.05, 4.69) is 15.4 Å². The molecule has 1 aliphatic rings. The summed E-state index contributed by atoms with van der Waals surface area (Å²) in [6.45, 7) is 2.20. The molecule has 5 nitrogen and oxygen atoms in total. The normalized spacial score (nSPS) is 16.0. The lowest BCUT2D eigenvalue weighted by molar-refractivity contribution is -0.274. The number of hydrogen-bond acceptors (Lipinski definition) is 4. The van der Waals surface area contributed by atoms with E-state index in [4.69, 9.17) is 4.74 Å². The smallest absolute Gasteiger partial charge is 0.406 e. The molecule has 2 rings (SSSR count). The number of carbonyl (C=O) groups is 1. The summed E-state index contributed by atoms with van der Waals surface area (Å²) in [5.41, 5.74) is 0.844. The molecule has 0 radical (unpaired) electrons. The van der Waals surface area contributed by atoms with Gasteiger partial charge in [0.05, 0.1) is 6.61 Å². The number of rotatable bonds is 6. The fourth-order valence-electron chi connectivity index (χ4n) is 2.71. The van der Waals surface area contributed by atoms with Crippen LogP contribution in [0.2, 0.25) is 0 Å². The maximum atomic E-state index is 12.5. The van der Waals surface area contributed by atoms with Crippen LogP contribution in [0.25, 0.3) is 0 Å². The minimum atomic E-state index is -4.80. The molecule has 0 aromatic heterocycles. The number of nitrogens with one attached hydrogen (secondary N) is 2. The van der Waals surface area contributed by atoms with Crippen molar-refractivity contribution in [2.24, 2.45) is 0 Å². The van der Waals surface area contributed by atoms with Crippen molar-refractivity contribution in [1.29, 1.82) is 0 Å². The van der Waals surface area contributed by atoms with E-state index in [1.807, 2.05) is 0 Å². The Balaban J connectivity index is 2.23. The third-order valence-electron chi connectivity index (χ3n) is 3.83. The van der Waals surface area contributed by atoms with Crippen LogP contribution in [0.1, 0.15) is 34.7 Å². The zero-order chi connectivity index (χ0) is 17.6. The van der Waals surface area contributed by atoms with Gasteiger partial charge in [-0.05, 0) is 55.6 Å². The van der Waals surface area contributed by atoms with Gasteiger partial charge in [0.15, 0.2) is 0 Å². The SMILES string of the molecule is COCCNC(=O)c1cc(OC(F)(F)F)cc(C2CCNCC2)c1. The Labute approximate surface area is 138 Å². The summed E-state index contributed by atoms with van der Waals surface area (Å²) in [6.07, 6.45) is -3.18. The number of hydrogen-bond donors (Lipinski definition) is 2. The van der Waals surface area contributed by atoms with Gasteiger partial charge >= 0.3 is 6.36 Å². The number of alkyl halides is 3. The first kappa shape index (κ1) is 18.5. The number of benzene rings is 1. The van der Waals surface area contributed by atoms with Crippen molar-refractivity contribution in [3.8, 4) is 5.75 Å². The number of ether oxygens (including phenoxy) is 2. The first-order valence-electron chi connectivity index (χ1n) is 7.77. The molecular weight excluding hydrogens is 325 g/mol. The molecule has 0 bridgehead atoms. The molecule has 1 aromatic carbocycles. The van der Waals surface area contributed by atoms with Crippen LogP contribution in [-0.4, -0.2) is 45.6 Å². The number of amides is 1. The predicted octanol–water partition coefficient (Wildman–Crippen LogP) is 2.43. The number of piperidine rings is 1. The van der Waals surface area contributed by atoms with Gasteiger partial charge in [-0.25, -0.2) is 0 Å². The van der Waals surface area contributed by atoms with E-state index in [1.165, 1.54) is 13.2 Å². The van der Waals surface area contributed by atoms with E-state index in [0.717, 1.165) is 32.0 Å². The molecule has 0 unspecified atom stereocenters. The molecule has 1 amide bonds. The van der Waals surface area contributed by atoms with Crippen LogP contribution in [0.15, 0.2) is 18.2 Å². The van der Waals surface area contributed by atoms with Crippen LogP contribution in [-0.2, 0) is 4.74 Å². The molecule has 0 saturated carbocycles. The molecule has 1 saturated heterocycles. The fraction of sp³-hybridized carbons (Fsp3) is 0.562. The second-order valence-corrected chi connectivity index (χ2v) is 5.61. The van der Waals surface area contributed by atoms with Crippen LogP contribution in [0.3, 0.4) is 0 Å². The lowest BCUT2D eigenvalue weighted by Gasteiger charge is -2.24. The Morgan fingerprint density at radius 2 is 2.00 bits per heavy atom. The molecule has 1 aliphatic heterocycles. The average Bonchev–Trinajstić information content (AvgIpc) is 2.54. The molecule has 0 atom stereocenters. The van der Waals surface area contributed by atoms with E-state index in [-0.39, 0.29) is 23.8 Å². The van der Waals surface area contributed by atoms with Gasteiger partial charge in [-0.3, -0.25) is 4.79 Å². The van der Waals surface area contributed by atoms with Crippen LogP contribution in [0, 0.1) is 0 Å². The highest BCUT2D eigenvalue weighted by Gasteiger charge is 2.32. The summed E-state index contributed by atoms with van der Waals surface area (Å²) in [5.74, 6) is -0.709. The number of methoxy groups -OCH3 is 1. The minimum Gasteiger partial charge on any atom is -0.406 e. The van der Waals surface area contributed by atoms with Gasteiger partial charge in [0.1, 0.15) is 5.75 Å². The topological polar surface area (TPSA) is 59.6 Å². The second kappa shape index (κ2) is 8.34. The van der Waals surface area contributed by atoms with Gasteiger partial charge in [0.25, 0.3) is 5.91 Å². The molecule has 1 fully saturated rings. The Hall–Kier alpha value is -1.80. The standard InChI is InChI=1S/C16H21F3N2O3/c1-23-7-6-21-15(22)13-8-12(11-2-4-20-5-3-11)9-14(10-13)24-16(17,18)19/h8-11,20H,2-7H2,1H3,(H,21,22). The van der Waals surface area contributed by atoms with Gasteiger partial charge in [0, 0.05) is 19.2 Å². The van der Waals surface area contributed by atoms with Crippen molar-refractivity contribution in [3.05, 3.63) is 29.3 Å². The maximum Gasteiger partial charge on any atom is 0.573 e. The van der Waals surface area contributed by atoms with Crippen molar-refractivity contribution >= 4 is 5.91 Å². The summed E-state index contributed by atoms with van der Waals surface area (Å²) >= 11 is 0. The molecule has 0 aliphatic carbocycles. The Morgan fingerprint density at radius 1 is 1.29 bits per heavy atom. The van der Waals surface area contributed by atoms with Crippen molar-refractivity contribution in [1.82, 2.24) is 10.6 Å². The zero-order valence-electron chi connectivity index (χ0n) is 13.4. The molecule has 1 aromatic rings. The van der Waals surface area contributed by atoms with Crippen molar-refractivity contribution in [3.63, 3.8) is 0 Å². The highest BCUT2D eigenvalue weighted by Crippen LogP contribution is 2.31. The first-order chi connectivity index (χ1) is 11.4. The summed E-state index contributed by atoms with van der Waals surface area (Å²) in [4.78, 5) is 12.2.